The van der Waals surface area contributed by atoms with Crippen molar-refractivity contribution in [2.75, 3.05) is 18.2 Å². The van der Waals surface area contributed by atoms with Crippen LogP contribution in [0.2, 0.25) is 0 Å². The number of halogens is 1. The molecule has 0 radical (unpaired) electrons. The third-order valence-corrected chi connectivity index (χ3v) is 5.03. The second-order valence-corrected chi connectivity index (χ2v) is 6.72. The van der Waals surface area contributed by atoms with Crippen molar-refractivity contribution in [3.8, 4) is 5.75 Å². The Hall–Kier alpha value is -2.12. The molecule has 0 aliphatic carbocycles. The van der Waals surface area contributed by atoms with Crippen LogP contribution in [0, 0.1) is 5.82 Å². The molecule has 1 N–H and O–H groups in total. The van der Waals surface area contributed by atoms with Gasteiger partial charge in [0.1, 0.15) is 0 Å². The van der Waals surface area contributed by atoms with E-state index in [1.807, 2.05) is 18.4 Å². The monoisotopic (exact) mass is 348 g/mol. The molecule has 1 heterocycles. The van der Waals surface area contributed by atoms with Gasteiger partial charge < -0.3 is 10.1 Å². The number of nitrogens with zero attached hydrogens (tertiary/aromatic N) is 1. The molecule has 3 rings (SSSR count). The maximum atomic E-state index is 13.4. The summed E-state index contributed by atoms with van der Waals surface area (Å²) in [5.41, 5.74) is 1.57. The van der Waals surface area contributed by atoms with Gasteiger partial charge in [-0.05, 0) is 36.6 Å². The number of fused-ring (bicyclic) bond motifs is 1. The predicted octanol–water partition coefficient (Wildman–Crippen LogP) is 4.17. The maximum Gasteiger partial charge on any atom is 0.262 e. The van der Waals surface area contributed by atoms with Crippen molar-refractivity contribution in [1.29, 1.82) is 0 Å². The summed E-state index contributed by atoms with van der Waals surface area (Å²) in [6, 6.07) is 11.5. The molecular weight excluding hydrogens is 335 g/mol. The molecule has 0 bridgehead atoms. The van der Waals surface area contributed by atoms with Crippen LogP contribution in [0.3, 0.4) is 0 Å². The summed E-state index contributed by atoms with van der Waals surface area (Å²) >= 11 is 3.16. The molecule has 0 aliphatic heterocycles. The van der Waals surface area contributed by atoms with E-state index in [4.69, 9.17) is 4.74 Å². The molecule has 0 fully saturated rings. The smallest absolute Gasteiger partial charge is 0.262 e. The lowest BCUT2D eigenvalue weighted by molar-refractivity contribution is -0.118. The standard InChI is InChI=1S/C16H13FN2O2S2/c1-22-16-19-12-7-6-10(8-14(12)23-16)18-15(20)9-21-13-5-3-2-4-11(13)17/h2-8H,9H2,1H3,(H,18,20). The van der Waals surface area contributed by atoms with Gasteiger partial charge in [-0.25, -0.2) is 9.37 Å². The third-order valence-electron chi connectivity index (χ3n) is 3.02. The molecule has 0 atom stereocenters. The highest BCUT2D eigenvalue weighted by molar-refractivity contribution is 8.00. The zero-order valence-electron chi connectivity index (χ0n) is 12.2. The Bertz CT molecular complexity index is 851. The Labute approximate surface area is 140 Å². The second kappa shape index (κ2) is 6.97. The maximum absolute atomic E-state index is 13.4. The molecule has 2 aromatic carbocycles. The molecule has 0 saturated carbocycles. The Morgan fingerprint density at radius 3 is 2.96 bits per heavy atom. The summed E-state index contributed by atoms with van der Waals surface area (Å²) < 4.78 is 20.6. The van der Waals surface area contributed by atoms with E-state index >= 15 is 0 Å². The van der Waals surface area contributed by atoms with Crippen LogP contribution in [0.5, 0.6) is 5.75 Å². The molecule has 3 aromatic rings. The van der Waals surface area contributed by atoms with Gasteiger partial charge in [-0.15, -0.1) is 11.3 Å². The van der Waals surface area contributed by atoms with Crippen LogP contribution in [0.25, 0.3) is 10.2 Å². The average molecular weight is 348 g/mol. The van der Waals surface area contributed by atoms with E-state index in [0.717, 1.165) is 14.6 Å². The van der Waals surface area contributed by atoms with Crippen LogP contribution < -0.4 is 10.1 Å². The number of aromatic nitrogens is 1. The van der Waals surface area contributed by atoms with Gasteiger partial charge in [0, 0.05) is 5.69 Å². The van der Waals surface area contributed by atoms with Crippen molar-refractivity contribution in [1.82, 2.24) is 4.98 Å². The normalized spacial score (nSPS) is 10.7. The van der Waals surface area contributed by atoms with E-state index < -0.39 is 5.82 Å². The first-order chi connectivity index (χ1) is 11.2. The fourth-order valence-corrected chi connectivity index (χ4v) is 3.50. The molecule has 0 aliphatic rings. The average Bonchev–Trinajstić information content (AvgIpc) is 2.96. The van der Waals surface area contributed by atoms with E-state index in [1.165, 1.54) is 12.1 Å². The van der Waals surface area contributed by atoms with Crippen molar-refractivity contribution >= 4 is 44.9 Å². The van der Waals surface area contributed by atoms with Crippen LogP contribution in [0.4, 0.5) is 10.1 Å². The van der Waals surface area contributed by atoms with Gasteiger partial charge in [-0.1, -0.05) is 23.9 Å². The molecule has 23 heavy (non-hydrogen) atoms. The molecule has 0 saturated heterocycles. The number of thioether (sulfide) groups is 1. The van der Waals surface area contributed by atoms with Crippen molar-refractivity contribution < 1.29 is 13.9 Å². The van der Waals surface area contributed by atoms with E-state index in [9.17, 15) is 9.18 Å². The first-order valence-electron chi connectivity index (χ1n) is 6.77. The van der Waals surface area contributed by atoms with Gasteiger partial charge >= 0.3 is 0 Å². The molecule has 118 valence electrons. The van der Waals surface area contributed by atoms with E-state index in [-0.39, 0.29) is 18.3 Å². The molecule has 7 heteroatoms. The number of rotatable bonds is 5. The number of thiazole rings is 1. The number of anilines is 1. The lowest BCUT2D eigenvalue weighted by atomic mass is 10.3. The summed E-state index contributed by atoms with van der Waals surface area (Å²) in [7, 11) is 0. The Morgan fingerprint density at radius 1 is 1.35 bits per heavy atom. The Balaban J connectivity index is 1.64. The highest BCUT2D eigenvalue weighted by Crippen LogP contribution is 2.29. The molecule has 0 spiro atoms. The predicted molar refractivity (Wildman–Crippen MR) is 91.9 cm³/mol. The zero-order chi connectivity index (χ0) is 16.2. The van der Waals surface area contributed by atoms with Crippen molar-refractivity contribution in [2.45, 2.75) is 4.34 Å². The minimum absolute atomic E-state index is 0.0603. The fourth-order valence-electron chi connectivity index (χ4n) is 1.97. The van der Waals surface area contributed by atoms with Gasteiger partial charge in [0.05, 0.1) is 10.2 Å². The van der Waals surface area contributed by atoms with Crippen molar-refractivity contribution in [3.05, 3.63) is 48.3 Å². The number of nitrogens with one attached hydrogen (secondary N) is 1. The minimum Gasteiger partial charge on any atom is -0.481 e. The first kappa shape index (κ1) is 15.8. The molecule has 1 aromatic heterocycles. The summed E-state index contributed by atoms with van der Waals surface area (Å²) in [6.45, 7) is -0.252. The Kier molecular flexibility index (Phi) is 4.78. The number of amides is 1. The summed E-state index contributed by atoms with van der Waals surface area (Å²) in [5, 5.41) is 2.74. The van der Waals surface area contributed by atoms with Crippen LogP contribution in [0.1, 0.15) is 0 Å². The quantitative estimate of drug-likeness (QED) is 0.703. The van der Waals surface area contributed by atoms with Gasteiger partial charge in [0.15, 0.2) is 22.5 Å². The van der Waals surface area contributed by atoms with Crippen LogP contribution in [-0.2, 0) is 4.79 Å². The number of hydrogen-bond donors (Lipinski definition) is 1. The number of carbonyl (C=O) groups excluding carboxylic acids is 1. The van der Waals surface area contributed by atoms with E-state index in [1.54, 1.807) is 41.3 Å². The number of carbonyl (C=O) groups is 1. The van der Waals surface area contributed by atoms with Gasteiger partial charge in [0.2, 0.25) is 0 Å². The van der Waals surface area contributed by atoms with Crippen LogP contribution >= 0.6 is 23.1 Å². The summed E-state index contributed by atoms with van der Waals surface area (Å²) in [4.78, 5) is 16.4. The molecule has 4 nitrogen and oxygen atoms in total. The second-order valence-electron chi connectivity index (χ2n) is 4.63. The topological polar surface area (TPSA) is 51.2 Å². The van der Waals surface area contributed by atoms with Crippen molar-refractivity contribution in [3.63, 3.8) is 0 Å². The van der Waals surface area contributed by atoms with E-state index in [0.29, 0.717) is 5.69 Å². The molecule has 0 unspecified atom stereocenters. The van der Waals surface area contributed by atoms with Gasteiger partial charge in [-0.2, -0.15) is 0 Å². The zero-order valence-corrected chi connectivity index (χ0v) is 13.8. The van der Waals surface area contributed by atoms with Gasteiger partial charge in [-0.3, -0.25) is 4.79 Å². The SMILES string of the molecule is CSc1nc2ccc(NC(=O)COc3ccccc3F)cc2s1. The highest BCUT2D eigenvalue weighted by atomic mass is 32.2. The Morgan fingerprint density at radius 2 is 2.17 bits per heavy atom. The van der Waals surface area contributed by atoms with Crippen LogP contribution in [0.15, 0.2) is 46.8 Å². The third kappa shape index (κ3) is 3.80. The fraction of sp³-hybridized carbons (Fsp3) is 0.125. The number of hydrogen-bond acceptors (Lipinski definition) is 5. The van der Waals surface area contributed by atoms with Crippen molar-refractivity contribution in [2.24, 2.45) is 0 Å². The lowest BCUT2D eigenvalue weighted by Crippen LogP contribution is -2.20. The number of para-hydroxylation sites is 1. The number of benzene rings is 2. The largest absolute Gasteiger partial charge is 0.481 e. The highest BCUT2D eigenvalue weighted by Gasteiger charge is 2.08. The number of ether oxygens (including phenoxy) is 1. The summed E-state index contributed by atoms with van der Waals surface area (Å²) in [5.74, 6) is -0.775. The molecular formula is C16H13FN2O2S2. The van der Waals surface area contributed by atoms with Gasteiger partial charge in [0.25, 0.3) is 5.91 Å². The van der Waals surface area contributed by atoms with Crippen LogP contribution in [-0.4, -0.2) is 23.8 Å². The van der Waals surface area contributed by atoms with E-state index in [2.05, 4.69) is 10.3 Å². The minimum atomic E-state index is -0.490. The lowest BCUT2D eigenvalue weighted by Gasteiger charge is -2.08. The first-order valence-corrected chi connectivity index (χ1v) is 8.81. The molecule has 1 amide bonds. The summed E-state index contributed by atoms with van der Waals surface area (Å²) in [6.07, 6.45) is 1.97.